The molecule has 1 aliphatic rings. The van der Waals surface area contributed by atoms with E-state index in [-0.39, 0.29) is 24.7 Å². The third kappa shape index (κ3) is 4.24. The van der Waals surface area contributed by atoms with Crippen molar-refractivity contribution in [3.63, 3.8) is 0 Å². The van der Waals surface area contributed by atoms with Gasteiger partial charge in [-0.05, 0) is 18.4 Å². The van der Waals surface area contributed by atoms with Crippen LogP contribution in [-0.4, -0.2) is 23.8 Å². The molecule has 0 saturated heterocycles. The van der Waals surface area contributed by atoms with E-state index in [0.717, 1.165) is 18.4 Å². The molecule has 2 rings (SSSR count). The monoisotopic (exact) mass is 262 g/mol. The lowest BCUT2D eigenvalue weighted by atomic mass is 9.96. The standard InChI is InChI=1S/C15H22N2O2/c18-11-14(12-7-3-1-4-8-12)17-15(19)16-13-9-5-2-6-10-13/h1,3-4,7-8,13-14,18H,2,5-6,9-11H2,(H2,16,17,19)/t14-/m1/s1. The minimum Gasteiger partial charge on any atom is -0.394 e. The van der Waals surface area contributed by atoms with Gasteiger partial charge in [-0.15, -0.1) is 0 Å². The van der Waals surface area contributed by atoms with Gasteiger partial charge in [0.15, 0.2) is 0 Å². The van der Waals surface area contributed by atoms with Crippen molar-refractivity contribution in [2.45, 2.75) is 44.2 Å². The fraction of sp³-hybridized carbons (Fsp3) is 0.533. The Labute approximate surface area is 114 Å². The summed E-state index contributed by atoms with van der Waals surface area (Å²) in [5.74, 6) is 0. The van der Waals surface area contributed by atoms with E-state index < -0.39 is 0 Å². The molecule has 1 saturated carbocycles. The van der Waals surface area contributed by atoms with Gasteiger partial charge in [0.1, 0.15) is 0 Å². The van der Waals surface area contributed by atoms with E-state index in [1.807, 2.05) is 30.3 Å². The molecule has 0 radical (unpaired) electrons. The highest BCUT2D eigenvalue weighted by Gasteiger charge is 2.18. The Kier molecular flexibility index (Phi) is 5.21. The number of amides is 2. The summed E-state index contributed by atoms with van der Waals surface area (Å²) < 4.78 is 0. The maximum absolute atomic E-state index is 11.9. The van der Waals surface area contributed by atoms with E-state index in [0.29, 0.717) is 0 Å². The highest BCUT2D eigenvalue weighted by atomic mass is 16.3. The first-order valence-corrected chi connectivity index (χ1v) is 7.02. The highest BCUT2D eigenvalue weighted by molar-refractivity contribution is 5.74. The van der Waals surface area contributed by atoms with Crippen molar-refractivity contribution in [3.8, 4) is 0 Å². The van der Waals surface area contributed by atoms with E-state index in [4.69, 9.17) is 0 Å². The van der Waals surface area contributed by atoms with Crippen LogP contribution >= 0.6 is 0 Å². The number of aliphatic hydroxyl groups excluding tert-OH is 1. The average molecular weight is 262 g/mol. The van der Waals surface area contributed by atoms with Gasteiger partial charge in [-0.3, -0.25) is 0 Å². The molecule has 19 heavy (non-hydrogen) atoms. The summed E-state index contributed by atoms with van der Waals surface area (Å²) in [6.07, 6.45) is 5.76. The number of carbonyl (C=O) groups is 1. The van der Waals surface area contributed by atoms with E-state index in [2.05, 4.69) is 10.6 Å². The maximum atomic E-state index is 11.9. The van der Waals surface area contributed by atoms with E-state index in [1.165, 1.54) is 19.3 Å². The molecule has 0 heterocycles. The molecule has 1 aromatic carbocycles. The molecular weight excluding hydrogens is 240 g/mol. The molecule has 0 bridgehead atoms. The lowest BCUT2D eigenvalue weighted by molar-refractivity contribution is 0.211. The van der Waals surface area contributed by atoms with Gasteiger partial charge in [-0.2, -0.15) is 0 Å². The van der Waals surface area contributed by atoms with Crippen LogP contribution in [0.15, 0.2) is 30.3 Å². The van der Waals surface area contributed by atoms with E-state index in [1.54, 1.807) is 0 Å². The lowest BCUT2D eigenvalue weighted by Gasteiger charge is -2.24. The first kappa shape index (κ1) is 13.9. The van der Waals surface area contributed by atoms with E-state index >= 15 is 0 Å². The first-order valence-electron chi connectivity index (χ1n) is 7.02. The molecule has 104 valence electrons. The van der Waals surface area contributed by atoms with Crippen molar-refractivity contribution in [1.29, 1.82) is 0 Å². The number of benzene rings is 1. The summed E-state index contributed by atoms with van der Waals surface area (Å²) in [6.45, 7) is -0.0951. The topological polar surface area (TPSA) is 61.4 Å². The lowest BCUT2D eigenvalue weighted by Crippen LogP contribution is -2.44. The van der Waals surface area contributed by atoms with Crippen LogP contribution in [0.1, 0.15) is 43.7 Å². The maximum Gasteiger partial charge on any atom is 0.315 e. The molecule has 3 N–H and O–H groups in total. The van der Waals surface area contributed by atoms with Gasteiger partial charge in [0.25, 0.3) is 0 Å². The Hall–Kier alpha value is -1.55. The number of hydrogen-bond donors (Lipinski definition) is 3. The van der Waals surface area contributed by atoms with Gasteiger partial charge >= 0.3 is 6.03 Å². The zero-order valence-corrected chi connectivity index (χ0v) is 11.1. The second kappa shape index (κ2) is 7.14. The van der Waals surface area contributed by atoms with Gasteiger partial charge in [-0.1, -0.05) is 49.6 Å². The Bertz CT molecular complexity index is 388. The fourth-order valence-corrected chi connectivity index (χ4v) is 2.55. The van der Waals surface area contributed by atoms with Crippen LogP contribution in [-0.2, 0) is 0 Å². The number of aliphatic hydroxyl groups is 1. The quantitative estimate of drug-likeness (QED) is 0.780. The van der Waals surface area contributed by atoms with Crippen LogP contribution in [0.4, 0.5) is 4.79 Å². The second-order valence-electron chi connectivity index (χ2n) is 5.10. The molecule has 1 atom stereocenters. The van der Waals surface area contributed by atoms with Crippen molar-refractivity contribution in [3.05, 3.63) is 35.9 Å². The summed E-state index contributed by atoms with van der Waals surface area (Å²) in [6, 6.07) is 9.28. The summed E-state index contributed by atoms with van der Waals surface area (Å²) in [7, 11) is 0. The zero-order chi connectivity index (χ0) is 13.5. The zero-order valence-electron chi connectivity index (χ0n) is 11.1. The number of nitrogens with one attached hydrogen (secondary N) is 2. The SMILES string of the molecule is O=C(NC1CCCCC1)N[C@H](CO)c1ccccc1. The fourth-order valence-electron chi connectivity index (χ4n) is 2.55. The van der Waals surface area contributed by atoms with E-state index in [9.17, 15) is 9.90 Å². The number of carbonyl (C=O) groups excluding carboxylic acids is 1. The Morgan fingerprint density at radius 3 is 2.53 bits per heavy atom. The smallest absolute Gasteiger partial charge is 0.315 e. The number of rotatable bonds is 4. The molecule has 1 fully saturated rings. The van der Waals surface area contributed by atoms with Crippen molar-refractivity contribution in [2.24, 2.45) is 0 Å². The van der Waals surface area contributed by atoms with Crippen LogP contribution in [0.3, 0.4) is 0 Å². The van der Waals surface area contributed by atoms with Crippen LogP contribution in [0.2, 0.25) is 0 Å². The molecule has 4 heteroatoms. The molecular formula is C15H22N2O2. The molecule has 0 aliphatic heterocycles. The van der Waals surface area contributed by atoms with Gasteiger partial charge in [0.2, 0.25) is 0 Å². The predicted octanol–water partition coefficient (Wildman–Crippen LogP) is 2.35. The predicted molar refractivity (Wildman–Crippen MR) is 74.8 cm³/mol. The van der Waals surface area contributed by atoms with Gasteiger partial charge in [0.05, 0.1) is 12.6 Å². The van der Waals surface area contributed by atoms with Crippen LogP contribution in [0, 0.1) is 0 Å². The molecule has 2 amide bonds. The molecule has 0 aromatic heterocycles. The molecule has 1 aliphatic carbocycles. The Balaban J connectivity index is 1.85. The number of urea groups is 1. The van der Waals surface area contributed by atoms with Crippen molar-refractivity contribution in [2.75, 3.05) is 6.61 Å². The van der Waals surface area contributed by atoms with Gasteiger partial charge in [-0.25, -0.2) is 4.79 Å². The molecule has 1 aromatic rings. The van der Waals surface area contributed by atoms with Crippen molar-refractivity contribution < 1.29 is 9.90 Å². The summed E-state index contributed by atoms with van der Waals surface area (Å²) >= 11 is 0. The summed E-state index contributed by atoms with van der Waals surface area (Å²) in [5.41, 5.74) is 0.920. The van der Waals surface area contributed by atoms with Crippen LogP contribution < -0.4 is 10.6 Å². The largest absolute Gasteiger partial charge is 0.394 e. The third-order valence-electron chi connectivity index (χ3n) is 3.63. The summed E-state index contributed by atoms with van der Waals surface area (Å²) in [5, 5.41) is 15.2. The minimum atomic E-state index is -0.343. The average Bonchev–Trinajstić information content (AvgIpc) is 2.47. The number of hydrogen-bond acceptors (Lipinski definition) is 2. The first-order chi connectivity index (χ1) is 9.29. The second-order valence-corrected chi connectivity index (χ2v) is 5.10. The van der Waals surface area contributed by atoms with Gasteiger partial charge < -0.3 is 15.7 Å². The minimum absolute atomic E-state index is 0.0951. The Morgan fingerprint density at radius 2 is 1.89 bits per heavy atom. The molecule has 4 nitrogen and oxygen atoms in total. The third-order valence-corrected chi connectivity index (χ3v) is 3.63. The molecule has 0 unspecified atom stereocenters. The normalized spacial score (nSPS) is 17.7. The van der Waals surface area contributed by atoms with Crippen LogP contribution in [0.5, 0.6) is 0 Å². The van der Waals surface area contributed by atoms with Crippen molar-refractivity contribution >= 4 is 6.03 Å². The highest BCUT2D eigenvalue weighted by Crippen LogP contribution is 2.17. The Morgan fingerprint density at radius 1 is 1.21 bits per heavy atom. The van der Waals surface area contributed by atoms with Gasteiger partial charge in [0, 0.05) is 6.04 Å². The summed E-state index contributed by atoms with van der Waals surface area (Å²) in [4.78, 5) is 11.9. The van der Waals surface area contributed by atoms with Crippen LogP contribution in [0.25, 0.3) is 0 Å². The van der Waals surface area contributed by atoms with Crippen molar-refractivity contribution in [1.82, 2.24) is 10.6 Å². The molecule has 0 spiro atoms.